The van der Waals surface area contributed by atoms with Gasteiger partial charge in [0.2, 0.25) is 0 Å². The summed E-state index contributed by atoms with van der Waals surface area (Å²) >= 11 is 0. The molecule has 0 radical (unpaired) electrons. The lowest BCUT2D eigenvalue weighted by molar-refractivity contribution is -0.122. The second kappa shape index (κ2) is 19.1. The molecular formula is C29H55N7O3. The first-order valence-electron chi connectivity index (χ1n) is 14.4. The van der Waals surface area contributed by atoms with E-state index in [1.165, 1.54) is 6.08 Å². The van der Waals surface area contributed by atoms with Crippen molar-refractivity contribution < 1.29 is 14.6 Å². The predicted octanol–water partition coefficient (Wildman–Crippen LogP) is 2.13. The second-order valence-corrected chi connectivity index (χ2v) is 11.3. The first-order valence-corrected chi connectivity index (χ1v) is 14.4. The van der Waals surface area contributed by atoms with E-state index in [0.717, 1.165) is 37.8 Å². The number of allylic oxidation sites excluding steroid dienone is 2. The zero-order chi connectivity index (χ0) is 29.4. The van der Waals surface area contributed by atoms with Crippen LogP contribution in [0.5, 0.6) is 0 Å². The molecule has 0 aromatic heterocycles. The van der Waals surface area contributed by atoms with Gasteiger partial charge in [-0.25, -0.2) is 0 Å². The Hall–Kier alpha value is -2.00. The molecule has 224 valence electrons. The van der Waals surface area contributed by atoms with E-state index in [9.17, 15) is 5.11 Å². The molecule has 0 bridgehead atoms. The summed E-state index contributed by atoms with van der Waals surface area (Å²) in [6.07, 6.45) is 7.24. The molecule has 9 atom stereocenters. The van der Waals surface area contributed by atoms with Crippen LogP contribution < -0.4 is 28.3 Å². The number of aliphatic imine (C=N–C) groups is 1. The van der Waals surface area contributed by atoms with Gasteiger partial charge in [-0.1, -0.05) is 33.4 Å². The van der Waals surface area contributed by atoms with Crippen molar-refractivity contribution in [1.29, 1.82) is 5.26 Å². The van der Waals surface area contributed by atoms with Crippen LogP contribution in [0, 0.1) is 35.0 Å². The predicted molar refractivity (Wildman–Crippen MR) is 158 cm³/mol. The molecule has 10 N–H and O–H groups in total. The molecule has 1 heterocycles. The molecular weight excluding hydrogens is 494 g/mol. The van der Waals surface area contributed by atoms with Crippen LogP contribution in [0.2, 0.25) is 0 Å². The summed E-state index contributed by atoms with van der Waals surface area (Å²) in [6.45, 7) is 14.1. The molecule has 0 aliphatic carbocycles. The number of hydrogen-bond donors (Lipinski definition) is 6. The highest BCUT2D eigenvalue weighted by Crippen LogP contribution is 2.28. The van der Waals surface area contributed by atoms with Gasteiger partial charge in [0, 0.05) is 12.2 Å². The van der Waals surface area contributed by atoms with Crippen LogP contribution in [0.25, 0.3) is 0 Å². The minimum absolute atomic E-state index is 0.0429. The molecule has 39 heavy (non-hydrogen) atoms. The molecule has 1 aliphatic heterocycles. The molecule has 9 unspecified atom stereocenters. The number of nitrogens with zero attached hydrogens (tertiary/aromatic N) is 2. The van der Waals surface area contributed by atoms with Gasteiger partial charge in [-0.15, -0.1) is 0 Å². The maximum absolute atomic E-state index is 10.6. The van der Waals surface area contributed by atoms with Gasteiger partial charge < -0.3 is 42.8 Å². The standard InChI is InChI=1S/C29H55N7O3/c1-19(14-30)9-10-29(37)39-27(26(16-32)36-23(5)22(4)11-21(3)15-31)13-20(2)12-24-7-6-8-25(38-24)18-35-28(34)17-33/h9-10,19-22,24-27,29,36-37H,5-8,11-13,15-18,31-33H2,1-4H3,(H2,34,35)/b10-9+. The highest BCUT2D eigenvalue weighted by Gasteiger charge is 2.29. The molecule has 0 aromatic rings. The summed E-state index contributed by atoms with van der Waals surface area (Å²) in [5, 5.41) is 23.2. The SMILES string of the molecule is C=C(NC(CN)C(CC(C)CC1CCCC(CN=C(N)CN)O1)OC(O)/C=C/C(C)C#N)C(C)CC(C)CN. The van der Waals surface area contributed by atoms with E-state index in [2.05, 4.69) is 43.7 Å². The van der Waals surface area contributed by atoms with E-state index in [4.69, 9.17) is 37.7 Å². The second-order valence-electron chi connectivity index (χ2n) is 11.3. The lowest BCUT2D eigenvalue weighted by atomic mass is 9.90. The van der Waals surface area contributed by atoms with Crippen molar-refractivity contribution >= 4 is 5.84 Å². The van der Waals surface area contributed by atoms with Gasteiger partial charge in [-0.2, -0.15) is 5.26 Å². The third kappa shape index (κ3) is 14.3. The van der Waals surface area contributed by atoms with Crippen molar-refractivity contribution in [1.82, 2.24) is 5.32 Å². The van der Waals surface area contributed by atoms with E-state index in [1.54, 1.807) is 13.0 Å². The van der Waals surface area contributed by atoms with E-state index < -0.39 is 6.29 Å². The van der Waals surface area contributed by atoms with Gasteiger partial charge >= 0.3 is 0 Å². The van der Waals surface area contributed by atoms with Crippen molar-refractivity contribution in [3.05, 3.63) is 24.4 Å². The Morgan fingerprint density at radius 3 is 2.44 bits per heavy atom. The van der Waals surface area contributed by atoms with Crippen LogP contribution in [-0.4, -0.2) is 67.8 Å². The molecule has 0 saturated carbocycles. The summed E-state index contributed by atoms with van der Waals surface area (Å²) in [4.78, 5) is 4.33. The van der Waals surface area contributed by atoms with Crippen LogP contribution in [-0.2, 0) is 9.47 Å². The Bertz CT molecular complexity index is 800. The minimum atomic E-state index is -1.15. The number of aliphatic hydroxyl groups is 1. The molecule has 10 heteroatoms. The van der Waals surface area contributed by atoms with Crippen LogP contribution in [0.4, 0.5) is 0 Å². The zero-order valence-corrected chi connectivity index (χ0v) is 24.6. The van der Waals surface area contributed by atoms with Crippen LogP contribution in [0.3, 0.4) is 0 Å². The highest BCUT2D eigenvalue weighted by atomic mass is 16.6. The molecule has 0 amide bonds. The van der Waals surface area contributed by atoms with E-state index in [0.29, 0.717) is 37.8 Å². The maximum atomic E-state index is 10.6. The smallest absolute Gasteiger partial charge is 0.174 e. The molecule has 1 saturated heterocycles. The largest absolute Gasteiger partial charge is 0.386 e. The van der Waals surface area contributed by atoms with Crippen LogP contribution >= 0.6 is 0 Å². The summed E-state index contributed by atoms with van der Waals surface area (Å²) in [5.41, 5.74) is 24.2. The minimum Gasteiger partial charge on any atom is -0.386 e. The fourth-order valence-electron chi connectivity index (χ4n) is 4.88. The van der Waals surface area contributed by atoms with E-state index in [1.807, 2.05) is 0 Å². The van der Waals surface area contributed by atoms with Gasteiger partial charge in [0.1, 0.15) is 5.84 Å². The van der Waals surface area contributed by atoms with E-state index >= 15 is 0 Å². The Morgan fingerprint density at radius 1 is 1.13 bits per heavy atom. The van der Waals surface area contributed by atoms with Crippen LogP contribution in [0.1, 0.15) is 66.2 Å². The van der Waals surface area contributed by atoms with Crippen LogP contribution in [0.15, 0.2) is 29.4 Å². The number of nitrogens with one attached hydrogen (secondary N) is 1. The summed E-state index contributed by atoms with van der Waals surface area (Å²) in [7, 11) is 0. The van der Waals surface area contributed by atoms with Crippen molar-refractivity contribution in [3.8, 4) is 6.07 Å². The van der Waals surface area contributed by atoms with Gasteiger partial charge in [0.05, 0.1) is 49.4 Å². The topological polar surface area (TPSA) is 191 Å². The summed E-state index contributed by atoms with van der Waals surface area (Å²) in [5.74, 6) is 0.951. The maximum Gasteiger partial charge on any atom is 0.174 e. The van der Waals surface area contributed by atoms with Gasteiger partial charge in [-0.05, 0) is 75.8 Å². The molecule has 0 spiro atoms. The monoisotopic (exact) mass is 549 g/mol. The first kappa shape index (κ1) is 35.0. The Morgan fingerprint density at radius 2 is 1.82 bits per heavy atom. The molecule has 1 rings (SSSR count). The average Bonchev–Trinajstić information content (AvgIpc) is 2.92. The van der Waals surface area contributed by atoms with Crippen molar-refractivity contribution in [2.75, 3.05) is 26.2 Å². The number of nitriles is 1. The number of ether oxygens (including phenoxy) is 2. The number of aliphatic hydroxyl groups excluding tert-OH is 1. The fraction of sp³-hybridized carbons (Fsp3) is 0.793. The highest BCUT2D eigenvalue weighted by molar-refractivity contribution is 5.82. The van der Waals surface area contributed by atoms with Gasteiger partial charge in [-0.3, -0.25) is 4.99 Å². The number of rotatable bonds is 19. The lowest BCUT2D eigenvalue weighted by Crippen LogP contribution is -2.48. The number of hydrogen-bond acceptors (Lipinski definition) is 9. The number of amidine groups is 1. The van der Waals surface area contributed by atoms with Gasteiger partial charge in [0.15, 0.2) is 6.29 Å². The summed E-state index contributed by atoms with van der Waals surface area (Å²) < 4.78 is 12.4. The van der Waals surface area contributed by atoms with E-state index in [-0.39, 0.29) is 48.7 Å². The third-order valence-corrected chi connectivity index (χ3v) is 7.35. The zero-order valence-electron chi connectivity index (χ0n) is 24.6. The third-order valence-electron chi connectivity index (χ3n) is 7.35. The molecule has 10 nitrogen and oxygen atoms in total. The van der Waals surface area contributed by atoms with Crippen molar-refractivity contribution in [3.63, 3.8) is 0 Å². The molecule has 1 fully saturated rings. The summed E-state index contributed by atoms with van der Waals surface area (Å²) in [6, 6.07) is 1.88. The normalized spacial score (nSPS) is 23.8. The van der Waals surface area contributed by atoms with Crippen molar-refractivity contribution in [2.24, 2.45) is 51.6 Å². The van der Waals surface area contributed by atoms with Crippen molar-refractivity contribution in [2.45, 2.75) is 96.9 Å². The fourth-order valence-corrected chi connectivity index (χ4v) is 4.88. The molecule has 1 aliphatic rings. The quantitative estimate of drug-likeness (QED) is 0.0606. The molecule has 0 aromatic carbocycles. The Labute approximate surface area is 236 Å². The first-order chi connectivity index (χ1) is 18.5. The lowest BCUT2D eigenvalue weighted by Gasteiger charge is -2.35. The average molecular weight is 550 g/mol. The Balaban J connectivity index is 2.91. The van der Waals surface area contributed by atoms with Gasteiger partial charge in [0.25, 0.3) is 0 Å². The Kier molecular flexibility index (Phi) is 17.2. The number of nitrogens with two attached hydrogens (primary N) is 4.